The third-order valence-electron chi connectivity index (χ3n) is 0.886. The molecule has 0 spiro atoms. The lowest BCUT2D eigenvalue weighted by atomic mass is 10.3. The first kappa shape index (κ1) is 7.21. The van der Waals surface area contributed by atoms with Gasteiger partial charge in [0.2, 0.25) is 0 Å². The Morgan fingerprint density at radius 2 is 2.50 bits per heavy atom. The number of aromatic nitrogens is 1. The molecule has 0 amide bonds. The molecule has 1 N–H and O–H groups in total. The Bertz CT molecular complexity index is 262. The van der Waals surface area contributed by atoms with Crippen LogP contribution in [0.1, 0.15) is 10.4 Å². The molecule has 0 aliphatic carbocycles. The molecule has 0 saturated carbocycles. The molecule has 0 unspecified atom stereocenters. The fourth-order valence-electron chi connectivity index (χ4n) is 0.480. The molecule has 10 heavy (non-hydrogen) atoms. The zero-order valence-corrected chi connectivity index (χ0v) is 6.42. The van der Waals surface area contributed by atoms with Crippen LogP contribution >= 0.6 is 15.9 Å². The highest BCUT2D eigenvalue weighted by Crippen LogP contribution is 2.08. The van der Waals surface area contributed by atoms with E-state index < -0.39 is 5.97 Å². The van der Waals surface area contributed by atoms with Crippen LogP contribution in [0.4, 0.5) is 0 Å². The summed E-state index contributed by atoms with van der Waals surface area (Å²) in [6.07, 6.45) is 3.81. The third kappa shape index (κ3) is 1.54. The number of hydrogen-bond acceptors (Lipinski definition) is 2. The SMILES string of the molecule is O=C(O)c1[c]ncc(Br)c1. The van der Waals surface area contributed by atoms with E-state index in [1.54, 1.807) is 0 Å². The zero-order valence-electron chi connectivity index (χ0n) is 4.84. The van der Waals surface area contributed by atoms with Gasteiger partial charge in [-0.15, -0.1) is 0 Å². The molecule has 1 radical (unpaired) electrons. The van der Waals surface area contributed by atoms with E-state index in [-0.39, 0.29) is 5.56 Å². The van der Waals surface area contributed by atoms with Gasteiger partial charge in [0.25, 0.3) is 0 Å². The van der Waals surface area contributed by atoms with E-state index in [0.29, 0.717) is 4.47 Å². The molecule has 1 rings (SSSR count). The lowest BCUT2D eigenvalue weighted by Crippen LogP contribution is -1.96. The Morgan fingerprint density at radius 3 is 2.90 bits per heavy atom. The number of carbonyl (C=O) groups is 1. The molecule has 1 heterocycles. The summed E-state index contributed by atoms with van der Waals surface area (Å²) in [5.74, 6) is -1.02. The van der Waals surface area contributed by atoms with Crippen molar-refractivity contribution in [3.63, 3.8) is 0 Å². The molecule has 0 aliphatic heterocycles. The molecule has 4 heteroatoms. The average Bonchev–Trinajstić information content (AvgIpc) is 1.88. The Balaban J connectivity index is 3.07. The van der Waals surface area contributed by atoms with Crippen molar-refractivity contribution >= 4 is 21.9 Å². The van der Waals surface area contributed by atoms with Gasteiger partial charge in [0, 0.05) is 10.7 Å². The number of carboxylic acid groups (broad SMARTS) is 1. The highest BCUT2D eigenvalue weighted by molar-refractivity contribution is 9.10. The Kier molecular flexibility index (Phi) is 2.01. The molecule has 0 aliphatic rings. The monoisotopic (exact) mass is 200 g/mol. The molecular weight excluding hydrogens is 198 g/mol. The van der Waals surface area contributed by atoms with Gasteiger partial charge in [-0.2, -0.15) is 0 Å². The second kappa shape index (κ2) is 2.79. The Morgan fingerprint density at radius 1 is 1.80 bits per heavy atom. The van der Waals surface area contributed by atoms with E-state index in [4.69, 9.17) is 5.11 Å². The fraction of sp³-hybridized carbons (Fsp3) is 0. The predicted molar refractivity (Wildman–Crippen MR) is 37.7 cm³/mol. The lowest BCUT2D eigenvalue weighted by molar-refractivity contribution is 0.0696. The first-order valence-corrected chi connectivity index (χ1v) is 3.26. The van der Waals surface area contributed by atoms with Crippen LogP contribution in [0, 0.1) is 6.20 Å². The van der Waals surface area contributed by atoms with Gasteiger partial charge in [-0.25, -0.2) is 4.79 Å². The van der Waals surface area contributed by atoms with Gasteiger partial charge in [-0.1, -0.05) is 0 Å². The quantitative estimate of drug-likeness (QED) is 0.745. The van der Waals surface area contributed by atoms with E-state index in [1.807, 2.05) is 0 Å². The van der Waals surface area contributed by atoms with E-state index in [2.05, 4.69) is 27.1 Å². The standard InChI is InChI=1S/C6H3BrNO2/c7-5-1-4(6(9)10)2-8-3-5/h1,3H,(H,9,10). The molecule has 0 fully saturated rings. The minimum atomic E-state index is -1.02. The smallest absolute Gasteiger partial charge is 0.338 e. The van der Waals surface area contributed by atoms with Crippen LogP contribution in [0.15, 0.2) is 16.7 Å². The van der Waals surface area contributed by atoms with Crippen LogP contribution in [0.5, 0.6) is 0 Å². The number of aromatic carboxylic acids is 1. The summed E-state index contributed by atoms with van der Waals surface area (Å²) in [7, 11) is 0. The topological polar surface area (TPSA) is 50.2 Å². The summed E-state index contributed by atoms with van der Waals surface area (Å²) in [6, 6.07) is 1.44. The molecule has 0 aromatic carbocycles. The van der Waals surface area contributed by atoms with Gasteiger partial charge in [0.1, 0.15) is 6.20 Å². The van der Waals surface area contributed by atoms with Crippen LogP contribution in [-0.4, -0.2) is 16.1 Å². The normalized spacial score (nSPS) is 9.30. The van der Waals surface area contributed by atoms with Crippen molar-refractivity contribution in [3.8, 4) is 0 Å². The number of halogens is 1. The average molecular weight is 201 g/mol. The second-order valence-corrected chi connectivity index (χ2v) is 2.53. The van der Waals surface area contributed by atoms with Gasteiger partial charge in [0.15, 0.2) is 0 Å². The first-order valence-electron chi connectivity index (χ1n) is 2.46. The van der Waals surface area contributed by atoms with Gasteiger partial charge in [0.05, 0.1) is 5.56 Å². The number of pyridine rings is 1. The van der Waals surface area contributed by atoms with Crippen LogP contribution < -0.4 is 0 Å². The van der Waals surface area contributed by atoms with Gasteiger partial charge in [-0.3, -0.25) is 4.98 Å². The summed E-state index contributed by atoms with van der Waals surface area (Å²) in [5, 5.41) is 8.42. The number of nitrogens with zero attached hydrogens (tertiary/aromatic N) is 1. The van der Waals surface area contributed by atoms with Crippen molar-refractivity contribution in [2.24, 2.45) is 0 Å². The van der Waals surface area contributed by atoms with Crippen LogP contribution in [0.2, 0.25) is 0 Å². The van der Waals surface area contributed by atoms with Gasteiger partial charge >= 0.3 is 5.97 Å². The summed E-state index contributed by atoms with van der Waals surface area (Å²) in [5.41, 5.74) is 0.0642. The van der Waals surface area contributed by atoms with Crippen molar-refractivity contribution in [3.05, 3.63) is 28.5 Å². The predicted octanol–water partition coefficient (Wildman–Crippen LogP) is 1.34. The van der Waals surface area contributed by atoms with Crippen molar-refractivity contribution in [1.82, 2.24) is 4.98 Å². The van der Waals surface area contributed by atoms with E-state index in [1.165, 1.54) is 12.3 Å². The maximum atomic E-state index is 10.3. The molecule has 3 nitrogen and oxygen atoms in total. The van der Waals surface area contributed by atoms with Crippen molar-refractivity contribution in [2.45, 2.75) is 0 Å². The summed E-state index contributed by atoms with van der Waals surface area (Å²) in [6.45, 7) is 0. The largest absolute Gasteiger partial charge is 0.478 e. The van der Waals surface area contributed by atoms with Gasteiger partial charge in [-0.05, 0) is 22.0 Å². The molecule has 51 valence electrons. The van der Waals surface area contributed by atoms with Crippen LogP contribution in [0.3, 0.4) is 0 Å². The highest BCUT2D eigenvalue weighted by Gasteiger charge is 2.02. The third-order valence-corrected chi connectivity index (χ3v) is 1.32. The van der Waals surface area contributed by atoms with E-state index in [9.17, 15) is 4.79 Å². The Labute approximate surface area is 65.8 Å². The highest BCUT2D eigenvalue weighted by atomic mass is 79.9. The molecule has 0 atom stereocenters. The first-order chi connectivity index (χ1) is 4.70. The van der Waals surface area contributed by atoms with Crippen molar-refractivity contribution in [2.75, 3.05) is 0 Å². The molecule has 0 bridgehead atoms. The van der Waals surface area contributed by atoms with Gasteiger partial charge < -0.3 is 5.11 Å². The lowest BCUT2D eigenvalue weighted by Gasteiger charge is -1.90. The minimum Gasteiger partial charge on any atom is -0.478 e. The molecular formula is C6H3BrNO2. The summed E-state index contributed by atoms with van der Waals surface area (Å²) >= 11 is 3.08. The number of rotatable bonds is 1. The summed E-state index contributed by atoms with van der Waals surface area (Å²) in [4.78, 5) is 13.8. The second-order valence-electron chi connectivity index (χ2n) is 1.62. The Hall–Kier alpha value is -0.900. The summed E-state index contributed by atoms with van der Waals surface area (Å²) < 4.78 is 0.642. The van der Waals surface area contributed by atoms with E-state index >= 15 is 0 Å². The number of carboxylic acids is 1. The van der Waals surface area contributed by atoms with Crippen molar-refractivity contribution < 1.29 is 9.90 Å². The van der Waals surface area contributed by atoms with Crippen molar-refractivity contribution in [1.29, 1.82) is 0 Å². The molecule has 1 aromatic rings. The molecule has 1 aromatic heterocycles. The maximum absolute atomic E-state index is 10.3. The fourth-order valence-corrected chi connectivity index (χ4v) is 0.812. The number of hydrogen-bond donors (Lipinski definition) is 1. The molecule has 0 saturated heterocycles. The maximum Gasteiger partial charge on any atom is 0.338 e. The zero-order chi connectivity index (χ0) is 7.56. The van der Waals surface area contributed by atoms with Crippen LogP contribution in [0.25, 0.3) is 0 Å². The minimum absolute atomic E-state index is 0.0642. The van der Waals surface area contributed by atoms with Crippen LogP contribution in [-0.2, 0) is 0 Å². The van der Waals surface area contributed by atoms with E-state index in [0.717, 1.165) is 0 Å².